The molecule has 2 aromatic carbocycles. The fourth-order valence-corrected chi connectivity index (χ4v) is 2.65. The fraction of sp³-hybridized carbons (Fsp3) is 0.333. The number of amides is 2. The van der Waals surface area contributed by atoms with Crippen LogP contribution in [0.1, 0.15) is 31.4 Å². The number of rotatable bonds is 8. The van der Waals surface area contributed by atoms with Crippen molar-refractivity contribution in [1.82, 2.24) is 10.2 Å². The molecule has 26 heavy (non-hydrogen) atoms. The molecule has 0 heterocycles. The lowest BCUT2D eigenvalue weighted by molar-refractivity contribution is -0.140. The normalized spacial score (nSPS) is 11.5. The average Bonchev–Trinajstić information content (AvgIpc) is 2.70. The maximum Gasteiger partial charge on any atom is 0.242 e. The Morgan fingerprint density at radius 3 is 2.27 bits per heavy atom. The SMILES string of the molecule is CCC(=O)N(Cc1ccc(OC)cc1)C(C)C(=O)NCc1ccccc1. The maximum atomic E-state index is 12.5. The molecule has 0 bridgehead atoms. The molecule has 5 heteroatoms. The summed E-state index contributed by atoms with van der Waals surface area (Å²) in [5.74, 6) is 0.545. The topological polar surface area (TPSA) is 58.6 Å². The Morgan fingerprint density at radius 2 is 1.69 bits per heavy atom. The molecule has 0 radical (unpaired) electrons. The summed E-state index contributed by atoms with van der Waals surface area (Å²) in [4.78, 5) is 26.5. The molecule has 1 unspecified atom stereocenters. The Morgan fingerprint density at radius 1 is 1.04 bits per heavy atom. The van der Waals surface area contributed by atoms with Crippen LogP contribution in [0, 0.1) is 0 Å². The minimum Gasteiger partial charge on any atom is -0.497 e. The van der Waals surface area contributed by atoms with Gasteiger partial charge in [-0.05, 0) is 30.2 Å². The summed E-state index contributed by atoms with van der Waals surface area (Å²) in [5, 5.41) is 2.91. The van der Waals surface area contributed by atoms with Gasteiger partial charge in [-0.3, -0.25) is 9.59 Å². The zero-order valence-corrected chi connectivity index (χ0v) is 15.6. The number of nitrogens with one attached hydrogen (secondary N) is 1. The van der Waals surface area contributed by atoms with Crippen LogP contribution >= 0.6 is 0 Å². The first-order chi connectivity index (χ1) is 12.5. The van der Waals surface area contributed by atoms with Gasteiger partial charge in [-0.15, -0.1) is 0 Å². The van der Waals surface area contributed by atoms with Gasteiger partial charge in [0, 0.05) is 19.5 Å². The van der Waals surface area contributed by atoms with Gasteiger partial charge in [0.1, 0.15) is 11.8 Å². The first-order valence-electron chi connectivity index (χ1n) is 8.79. The van der Waals surface area contributed by atoms with E-state index >= 15 is 0 Å². The highest BCUT2D eigenvalue weighted by atomic mass is 16.5. The van der Waals surface area contributed by atoms with Crippen LogP contribution in [0.5, 0.6) is 5.75 Å². The molecule has 0 aliphatic heterocycles. The van der Waals surface area contributed by atoms with Crippen LogP contribution in [0.2, 0.25) is 0 Å². The molecule has 0 aliphatic rings. The van der Waals surface area contributed by atoms with Gasteiger partial charge < -0.3 is 15.0 Å². The highest BCUT2D eigenvalue weighted by Gasteiger charge is 2.24. The minimum atomic E-state index is -0.548. The molecule has 0 saturated carbocycles. The van der Waals surface area contributed by atoms with Gasteiger partial charge in [0.05, 0.1) is 7.11 Å². The summed E-state index contributed by atoms with van der Waals surface area (Å²) >= 11 is 0. The highest BCUT2D eigenvalue weighted by Crippen LogP contribution is 2.15. The summed E-state index contributed by atoms with van der Waals surface area (Å²) in [7, 11) is 1.61. The van der Waals surface area contributed by atoms with Gasteiger partial charge in [0.2, 0.25) is 11.8 Å². The van der Waals surface area contributed by atoms with E-state index in [1.54, 1.807) is 25.9 Å². The molecule has 0 aromatic heterocycles. The van der Waals surface area contributed by atoms with E-state index in [2.05, 4.69) is 5.32 Å². The average molecular weight is 354 g/mol. The molecule has 138 valence electrons. The Bertz CT molecular complexity index is 714. The number of hydrogen-bond acceptors (Lipinski definition) is 3. The van der Waals surface area contributed by atoms with Gasteiger partial charge in [-0.25, -0.2) is 0 Å². The number of carbonyl (C=O) groups excluding carboxylic acids is 2. The van der Waals surface area contributed by atoms with Crippen LogP contribution in [0.3, 0.4) is 0 Å². The van der Waals surface area contributed by atoms with Crippen molar-refractivity contribution in [3.63, 3.8) is 0 Å². The standard InChI is InChI=1S/C21H26N2O3/c1-4-20(24)23(15-18-10-12-19(26-3)13-11-18)16(2)21(25)22-14-17-8-6-5-7-9-17/h5-13,16H,4,14-15H2,1-3H3,(H,22,25). The first-order valence-corrected chi connectivity index (χ1v) is 8.79. The third kappa shape index (κ3) is 5.34. The van der Waals surface area contributed by atoms with Crippen LogP contribution in [-0.4, -0.2) is 29.9 Å². The molecule has 2 rings (SSSR count). The lowest BCUT2D eigenvalue weighted by atomic mass is 10.1. The summed E-state index contributed by atoms with van der Waals surface area (Å²) in [6.07, 6.45) is 0.354. The number of benzene rings is 2. The molecular formula is C21H26N2O3. The third-order valence-corrected chi connectivity index (χ3v) is 4.29. The fourth-order valence-electron chi connectivity index (χ4n) is 2.65. The minimum absolute atomic E-state index is 0.0526. The largest absolute Gasteiger partial charge is 0.497 e. The predicted octanol–water partition coefficient (Wildman–Crippen LogP) is 3.14. The maximum absolute atomic E-state index is 12.5. The molecule has 0 saturated heterocycles. The Balaban J connectivity index is 2.04. The van der Waals surface area contributed by atoms with E-state index in [4.69, 9.17) is 4.74 Å². The Labute approximate surface area is 155 Å². The van der Waals surface area contributed by atoms with E-state index in [1.807, 2.05) is 54.6 Å². The Hall–Kier alpha value is -2.82. The van der Waals surface area contributed by atoms with Crippen molar-refractivity contribution in [1.29, 1.82) is 0 Å². The van der Waals surface area contributed by atoms with Crippen LogP contribution in [-0.2, 0) is 22.7 Å². The van der Waals surface area contributed by atoms with Gasteiger partial charge in [-0.2, -0.15) is 0 Å². The van der Waals surface area contributed by atoms with Crippen molar-refractivity contribution >= 4 is 11.8 Å². The molecule has 5 nitrogen and oxygen atoms in total. The molecule has 1 atom stereocenters. The van der Waals surface area contributed by atoms with Gasteiger partial charge in [-0.1, -0.05) is 49.4 Å². The number of nitrogens with zero attached hydrogens (tertiary/aromatic N) is 1. The van der Waals surface area contributed by atoms with E-state index in [0.29, 0.717) is 19.5 Å². The summed E-state index contributed by atoms with van der Waals surface area (Å²) in [6, 6.07) is 16.7. The van der Waals surface area contributed by atoms with Crippen molar-refractivity contribution in [2.24, 2.45) is 0 Å². The molecule has 2 amide bonds. The van der Waals surface area contributed by atoms with Crippen LogP contribution < -0.4 is 10.1 Å². The molecule has 2 aromatic rings. The van der Waals surface area contributed by atoms with E-state index in [9.17, 15) is 9.59 Å². The quantitative estimate of drug-likeness (QED) is 0.792. The van der Waals surface area contributed by atoms with Crippen molar-refractivity contribution in [2.45, 2.75) is 39.4 Å². The summed E-state index contributed by atoms with van der Waals surface area (Å²) < 4.78 is 5.16. The molecule has 1 N–H and O–H groups in total. The molecule has 0 aliphatic carbocycles. The van der Waals surface area contributed by atoms with Crippen LogP contribution in [0.15, 0.2) is 54.6 Å². The van der Waals surface area contributed by atoms with E-state index < -0.39 is 6.04 Å². The molecular weight excluding hydrogens is 328 g/mol. The number of carbonyl (C=O) groups is 2. The number of hydrogen-bond donors (Lipinski definition) is 1. The van der Waals surface area contributed by atoms with Crippen molar-refractivity contribution in [3.05, 3.63) is 65.7 Å². The highest BCUT2D eigenvalue weighted by molar-refractivity contribution is 5.87. The summed E-state index contributed by atoms with van der Waals surface area (Å²) in [5.41, 5.74) is 1.98. The van der Waals surface area contributed by atoms with E-state index in [0.717, 1.165) is 16.9 Å². The van der Waals surface area contributed by atoms with Gasteiger partial charge in [0.25, 0.3) is 0 Å². The zero-order chi connectivity index (χ0) is 18.9. The third-order valence-electron chi connectivity index (χ3n) is 4.29. The van der Waals surface area contributed by atoms with Crippen molar-refractivity contribution < 1.29 is 14.3 Å². The Kier molecular flexibility index (Phi) is 7.21. The van der Waals surface area contributed by atoms with E-state index in [-0.39, 0.29) is 11.8 Å². The van der Waals surface area contributed by atoms with Gasteiger partial charge >= 0.3 is 0 Å². The van der Waals surface area contributed by atoms with E-state index in [1.165, 1.54) is 0 Å². The van der Waals surface area contributed by atoms with Gasteiger partial charge in [0.15, 0.2) is 0 Å². The second-order valence-electron chi connectivity index (χ2n) is 6.10. The van der Waals surface area contributed by atoms with Crippen molar-refractivity contribution in [3.8, 4) is 5.75 Å². The first kappa shape index (κ1) is 19.5. The monoisotopic (exact) mass is 354 g/mol. The van der Waals surface area contributed by atoms with Crippen LogP contribution in [0.25, 0.3) is 0 Å². The predicted molar refractivity (Wildman–Crippen MR) is 102 cm³/mol. The smallest absolute Gasteiger partial charge is 0.242 e. The number of ether oxygens (including phenoxy) is 1. The van der Waals surface area contributed by atoms with Crippen molar-refractivity contribution in [2.75, 3.05) is 7.11 Å². The zero-order valence-electron chi connectivity index (χ0n) is 15.6. The molecule has 0 fully saturated rings. The second kappa shape index (κ2) is 9.61. The lowest BCUT2D eigenvalue weighted by Gasteiger charge is -2.28. The number of methoxy groups -OCH3 is 1. The van der Waals surface area contributed by atoms with Crippen LogP contribution in [0.4, 0.5) is 0 Å². The molecule has 0 spiro atoms. The second-order valence-corrected chi connectivity index (χ2v) is 6.10. The lowest BCUT2D eigenvalue weighted by Crippen LogP contribution is -2.47. The summed E-state index contributed by atoms with van der Waals surface area (Å²) in [6.45, 7) is 4.40.